The lowest BCUT2D eigenvalue weighted by Crippen LogP contribution is -2.05. The molecule has 16 heavy (non-hydrogen) atoms. The van der Waals surface area contributed by atoms with Crippen molar-refractivity contribution < 1.29 is 4.74 Å². The van der Waals surface area contributed by atoms with Gasteiger partial charge in [0, 0.05) is 5.57 Å². The van der Waals surface area contributed by atoms with E-state index in [-0.39, 0.29) is 6.10 Å². The maximum atomic E-state index is 8.76. The molecule has 84 valence electrons. The average molecular weight is 236 g/mol. The molecule has 3 heteroatoms. The summed E-state index contributed by atoms with van der Waals surface area (Å²) in [6.45, 7) is 5.62. The van der Waals surface area contributed by atoms with E-state index in [1.54, 1.807) is 6.92 Å². The molecule has 0 aliphatic rings. The topological polar surface area (TPSA) is 33.0 Å². The Morgan fingerprint density at radius 1 is 1.44 bits per heavy atom. The van der Waals surface area contributed by atoms with Crippen LogP contribution in [0.25, 0.3) is 5.03 Å². The fourth-order valence-corrected chi connectivity index (χ4v) is 1.40. The molecule has 0 unspecified atom stereocenters. The molecule has 0 aromatic heterocycles. The minimum absolute atomic E-state index is 0.120. The van der Waals surface area contributed by atoms with Gasteiger partial charge in [0.05, 0.1) is 17.2 Å². The third-order valence-electron chi connectivity index (χ3n) is 1.96. The molecule has 0 fully saturated rings. The zero-order valence-electron chi connectivity index (χ0n) is 9.62. The summed E-state index contributed by atoms with van der Waals surface area (Å²) in [4.78, 5) is 0. The van der Waals surface area contributed by atoms with Crippen LogP contribution in [0.3, 0.4) is 0 Å². The van der Waals surface area contributed by atoms with Gasteiger partial charge in [0.25, 0.3) is 0 Å². The summed E-state index contributed by atoms with van der Waals surface area (Å²) in [6, 6.07) is 9.46. The van der Waals surface area contributed by atoms with Crippen LogP contribution in [0.2, 0.25) is 0 Å². The van der Waals surface area contributed by atoms with Gasteiger partial charge in [-0.15, -0.1) is 0 Å². The third-order valence-corrected chi connectivity index (χ3v) is 2.46. The largest absolute Gasteiger partial charge is 0.491 e. The second kappa shape index (κ2) is 5.58. The molecule has 1 rings (SSSR count). The smallest absolute Gasteiger partial charge is 0.120 e. The highest BCUT2D eigenvalue weighted by Gasteiger charge is 2.05. The molecule has 0 spiro atoms. The molecule has 0 radical (unpaired) electrons. The SMILES string of the molecule is CC(C#N)=C(Cl)c1cccc(OC(C)C)c1. The van der Waals surface area contributed by atoms with Crippen LogP contribution in [0.15, 0.2) is 29.8 Å². The minimum atomic E-state index is 0.120. The molecule has 0 N–H and O–H groups in total. The van der Waals surface area contributed by atoms with Gasteiger partial charge in [-0.3, -0.25) is 0 Å². The normalized spacial score (nSPS) is 12.0. The molecule has 0 aliphatic heterocycles. The van der Waals surface area contributed by atoms with Crippen LogP contribution < -0.4 is 4.74 Å². The highest BCUT2D eigenvalue weighted by atomic mass is 35.5. The average Bonchev–Trinajstić information content (AvgIpc) is 2.26. The Morgan fingerprint density at radius 3 is 2.69 bits per heavy atom. The first-order chi connectivity index (χ1) is 7.54. The summed E-state index contributed by atoms with van der Waals surface area (Å²) in [5.74, 6) is 0.761. The Labute approximate surface area is 101 Å². The van der Waals surface area contributed by atoms with Gasteiger partial charge in [-0.25, -0.2) is 0 Å². The van der Waals surface area contributed by atoms with Crippen molar-refractivity contribution in [3.8, 4) is 11.8 Å². The molecule has 0 bridgehead atoms. The molecule has 0 heterocycles. The molecule has 0 amide bonds. The second-order valence-corrected chi connectivity index (χ2v) is 4.12. The van der Waals surface area contributed by atoms with Crippen molar-refractivity contribution in [1.82, 2.24) is 0 Å². The van der Waals surface area contributed by atoms with E-state index in [1.807, 2.05) is 44.2 Å². The highest BCUT2D eigenvalue weighted by molar-refractivity contribution is 6.49. The maximum Gasteiger partial charge on any atom is 0.120 e. The number of rotatable bonds is 3. The van der Waals surface area contributed by atoms with Crippen LogP contribution >= 0.6 is 11.6 Å². The number of hydrogen-bond acceptors (Lipinski definition) is 2. The monoisotopic (exact) mass is 235 g/mol. The summed E-state index contributed by atoms with van der Waals surface area (Å²) < 4.78 is 5.55. The van der Waals surface area contributed by atoms with Gasteiger partial charge in [0.15, 0.2) is 0 Å². The summed E-state index contributed by atoms with van der Waals surface area (Å²) in [7, 11) is 0. The highest BCUT2D eigenvalue weighted by Crippen LogP contribution is 2.26. The van der Waals surface area contributed by atoms with Gasteiger partial charge in [0.1, 0.15) is 5.75 Å². The second-order valence-electron chi connectivity index (χ2n) is 3.75. The summed E-state index contributed by atoms with van der Waals surface area (Å²) in [5.41, 5.74) is 1.31. The first-order valence-electron chi connectivity index (χ1n) is 5.08. The number of nitrogens with zero attached hydrogens (tertiary/aromatic N) is 1. The van der Waals surface area contributed by atoms with Crippen LogP contribution in [0.4, 0.5) is 0 Å². The zero-order chi connectivity index (χ0) is 12.1. The molecular formula is C13H14ClNO. The number of halogens is 1. The lowest BCUT2D eigenvalue weighted by Gasteiger charge is -2.10. The Balaban J connectivity index is 3.05. The van der Waals surface area contributed by atoms with Crippen molar-refractivity contribution >= 4 is 16.6 Å². The Bertz CT molecular complexity index is 443. The number of nitriles is 1. The van der Waals surface area contributed by atoms with Gasteiger partial charge in [0.2, 0.25) is 0 Å². The van der Waals surface area contributed by atoms with Crippen LogP contribution in [-0.4, -0.2) is 6.10 Å². The van der Waals surface area contributed by atoms with Gasteiger partial charge in [-0.1, -0.05) is 23.7 Å². The Kier molecular flexibility index (Phi) is 4.39. The summed E-state index contributed by atoms with van der Waals surface area (Å²) in [6.07, 6.45) is 0.120. The Morgan fingerprint density at radius 2 is 2.12 bits per heavy atom. The van der Waals surface area contributed by atoms with Crippen LogP contribution in [-0.2, 0) is 0 Å². The van der Waals surface area contributed by atoms with E-state index in [1.165, 1.54) is 0 Å². The maximum absolute atomic E-state index is 8.76. The van der Waals surface area contributed by atoms with Gasteiger partial charge in [-0.2, -0.15) is 5.26 Å². The Hall–Kier alpha value is -1.46. The standard InChI is InChI=1S/C13H14ClNO/c1-9(2)16-12-6-4-5-11(7-12)13(14)10(3)8-15/h4-7,9H,1-3H3. The van der Waals surface area contributed by atoms with Crippen molar-refractivity contribution in [2.75, 3.05) is 0 Å². The van der Waals surface area contributed by atoms with E-state index >= 15 is 0 Å². The minimum Gasteiger partial charge on any atom is -0.491 e. The molecule has 0 saturated carbocycles. The van der Waals surface area contributed by atoms with E-state index in [2.05, 4.69) is 0 Å². The number of allylic oxidation sites excluding steroid dienone is 1. The quantitative estimate of drug-likeness (QED) is 0.743. The van der Waals surface area contributed by atoms with Gasteiger partial charge in [-0.05, 0) is 38.5 Å². The fraction of sp³-hybridized carbons (Fsp3) is 0.308. The van der Waals surface area contributed by atoms with Crippen molar-refractivity contribution in [3.63, 3.8) is 0 Å². The van der Waals surface area contributed by atoms with Crippen molar-refractivity contribution in [3.05, 3.63) is 35.4 Å². The fourth-order valence-electron chi connectivity index (χ4n) is 1.24. The molecule has 0 atom stereocenters. The van der Waals surface area contributed by atoms with Crippen LogP contribution in [0.5, 0.6) is 5.75 Å². The molecule has 1 aromatic carbocycles. The predicted octanol–water partition coefficient (Wildman–Crippen LogP) is 3.97. The number of hydrogen-bond donors (Lipinski definition) is 0. The van der Waals surface area contributed by atoms with E-state index in [0.717, 1.165) is 11.3 Å². The molecule has 1 aromatic rings. The number of ether oxygens (including phenoxy) is 1. The summed E-state index contributed by atoms with van der Waals surface area (Å²) in [5, 5.41) is 9.23. The molecule has 0 aliphatic carbocycles. The first-order valence-corrected chi connectivity index (χ1v) is 5.46. The van der Waals surface area contributed by atoms with E-state index in [0.29, 0.717) is 10.6 Å². The van der Waals surface area contributed by atoms with E-state index in [9.17, 15) is 0 Å². The predicted molar refractivity (Wildman–Crippen MR) is 66.3 cm³/mol. The van der Waals surface area contributed by atoms with Crippen molar-refractivity contribution in [2.45, 2.75) is 26.9 Å². The molecule has 2 nitrogen and oxygen atoms in total. The molecular weight excluding hydrogens is 222 g/mol. The lowest BCUT2D eigenvalue weighted by molar-refractivity contribution is 0.242. The number of benzene rings is 1. The zero-order valence-corrected chi connectivity index (χ0v) is 10.4. The molecule has 0 saturated heterocycles. The van der Waals surface area contributed by atoms with E-state index < -0.39 is 0 Å². The van der Waals surface area contributed by atoms with E-state index in [4.69, 9.17) is 21.6 Å². The van der Waals surface area contributed by atoms with Crippen molar-refractivity contribution in [1.29, 1.82) is 5.26 Å². The summed E-state index contributed by atoms with van der Waals surface area (Å²) >= 11 is 6.07. The van der Waals surface area contributed by atoms with Crippen LogP contribution in [0, 0.1) is 11.3 Å². The first kappa shape index (κ1) is 12.6. The third kappa shape index (κ3) is 3.29. The lowest BCUT2D eigenvalue weighted by atomic mass is 10.1. The van der Waals surface area contributed by atoms with Gasteiger partial charge < -0.3 is 4.74 Å². The van der Waals surface area contributed by atoms with Crippen LogP contribution in [0.1, 0.15) is 26.3 Å². The van der Waals surface area contributed by atoms with Gasteiger partial charge >= 0.3 is 0 Å². The van der Waals surface area contributed by atoms with Crippen molar-refractivity contribution in [2.24, 2.45) is 0 Å².